The quantitative estimate of drug-likeness (QED) is 0.887. The van der Waals surface area contributed by atoms with Gasteiger partial charge in [0.25, 0.3) is 5.91 Å². The first-order valence-electron chi connectivity index (χ1n) is 8.05. The first-order valence-corrected chi connectivity index (χ1v) is 8.05. The Kier molecular flexibility index (Phi) is 4.19. The van der Waals surface area contributed by atoms with Gasteiger partial charge >= 0.3 is 6.03 Å². The highest BCUT2D eigenvalue weighted by Gasteiger charge is 2.49. The van der Waals surface area contributed by atoms with Crippen molar-refractivity contribution in [3.05, 3.63) is 24.3 Å². The van der Waals surface area contributed by atoms with Gasteiger partial charge in [-0.05, 0) is 31.1 Å². The lowest BCUT2D eigenvalue weighted by Gasteiger charge is -2.54. The molecule has 1 saturated carbocycles. The molecule has 2 aliphatic rings. The third-order valence-corrected chi connectivity index (χ3v) is 5.18. The lowest BCUT2D eigenvalue weighted by molar-refractivity contribution is 0.00179. The average Bonchev–Trinajstić information content (AvgIpc) is 2.58. The van der Waals surface area contributed by atoms with E-state index < -0.39 is 0 Å². The summed E-state index contributed by atoms with van der Waals surface area (Å²) in [5.74, 6) is -0.158. The second kappa shape index (κ2) is 6.14. The fourth-order valence-electron chi connectivity index (χ4n) is 3.60. The van der Waals surface area contributed by atoms with Crippen LogP contribution in [0.25, 0.3) is 0 Å². The summed E-state index contributed by atoms with van der Waals surface area (Å²) in [7, 11) is 3.56. The maximum atomic E-state index is 12.3. The number of carbonyl (C=O) groups excluding carboxylic acids is 2. The van der Waals surface area contributed by atoms with Crippen molar-refractivity contribution in [1.29, 1.82) is 0 Å². The normalized spacial score (nSPS) is 22.3. The van der Waals surface area contributed by atoms with Crippen LogP contribution < -0.4 is 5.32 Å². The maximum absolute atomic E-state index is 12.3. The van der Waals surface area contributed by atoms with Gasteiger partial charge in [-0.2, -0.15) is 0 Å². The molecule has 3 amide bonds. The SMILES string of the molecule is CN(C)C(=O)N1CCC2(CC[C@H]2NC(=O)c2cnccn2)CC1. The highest BCUT2D eigenvalue weighted by molar-refractivity contribution is 5.92. The molecule has 1 aromatic rings. The summed E-state index contributed by atoms with van der Waals surface area (Å²) in [6.07, 6.45) is 8.56. The Morgan fingerprint density at radius 1 is 1.26 bits per heavy atom. The minimum absolute atomic E-state index is 0.0688. The molecule has 1 atom stereocenters. The van der Waals surface area contributed by atoms with Gasteiger partial charge in [0.05, 0.1) is 6.20 Å². The van der Waals surface area contributed by atoms with Crippen LogP contribution >= 0.6 is 0 Å². The summed E-state index contributed by atoms with van der Waals surface area (Å²) in [6.45, 7) is 1.52. The van der Waals surface area contributed by atoms with Gasteiger partial charge in [0.2, 0.25) is 0 Å². The fraction of sp³-hybridized carbons (Fsp3) is 0.625. The van der Waals surface area contributed by atoms with E-state index in [4.69, 9.17) is 0 Å². The Morgan fingerprint density at radius 3 is 2.52 bits per heavy atom. The number of piperidine rings is 1. The van der Waals surface area contributed by atoms with Crippen LogP contribution in [0, 0.1) is 5.41 Å². The van der Waals surface area contributed by atoms with E-state index in [0.29, 0.717) is 5.69 Å². The second-order valence-corrected chi connectivity index (χ2v) is 6.68. The van der Waals surface area contributed by atoms with E-state index in [-0.39, 0.29) is 23.4 Å². The van der Waals surface area contributed by atoms with Crippen LogP contribution in [0.4, 0.5) is 4.79 Å². The zero-order valence-electron chi connectivity index (χ0n) is 13.7. The van der Waals surface area contributed by atoms with E-state index in [1.54, 1.807) is 25.2 Å². The number of carbonyl (C=O) groups is 2. The number of hydrogen-bond donors (Lipinski definition) is 1. The Morgan fingerprint density at radius 2 is 2.00 bits per heavy atom. The van der Waals surface area contributed by atoms with Gasteiger partial charge in [0.15, 0.2) is 0 Å². The molecule has 7 nitrogen and oxygen atoms in total. The zero-order valence-corrected chi connectivity index (χ0v) is 13.7. The molecule has 2 fully saturated rings. The molecule has 2 heterocycles. The van der Waals surface area contributed by atoms with Gasteiger partial charge in [-0.15, -0.1) is 0 Å². The van der Waals surface area contributed by atoms with Gasteiger partial charge in [0, 0.05) is 45.6 Å². The van der Waals surface area contributed by atoms with E-state index in [2.05, 4.69) is 15.3 Å². The van der Waals surface area contributed by atoms with Crippen molar-refractivity contribution in [3.63, 3.8) is 0 Å². The van der Waals surface area contributed by atoms with Crippen LogP contribution in [0.5, 0.6) is 0 Å². The van der Waals surface area contributed by atoms with Crippen molar-refractivity contribution in [2.75, 3.05) is 27.2 Å². The molecule has 0 aromatic carbocycles. The molecule has 7 heteroatoms. The van der Waals surface area contributed by atoms with Crippen LogP contribution in [0.1, 0.15) is 36.2 Å². The molecule has 124 valence electrons. The standard InChI is InChI=1S/C16H23N5O2/c1-20(2)15(23)21-9-5-16(6-10-21)4-3-13(16)19-14(22)12-11-17-7-8-18-12/h7-8,11,13H,3-6,9-10H2,1-2H3,(H,19,22)/t13-/m1/s1. The van der Waals surface area contributed by atoms with Crippen molar-refractivity contribution in [2.24, 2.45) is 5.41 Å². The smallest absolute Gasteiger partial charge is 0.319 e. The van der Waals surface area contributed by atoms with Gasteiger partial charge in [-0.1, -0.05) is 0 Å². The predicted molar refractivity (Wildman–Crippen MR) is 84.8 cm³/mol. The summed E-state index contributed by atoms with van der Waals surface area (Å²) in [4.78, 5) is 35.8. The highest BCUT2D eigenvalue weighted by atomic mass is 16.2. The molecule has 3 rings (SSSR count). The van der Waals surface area contributed by atoms with Crippen molar-refractivity contribution < 1.29 is 9.59 Å². The number of rotatable bonds is 2. The average molecular weight is 317 g/mol. The third-order valence-electron chi connectivity index (χ3n) is 5.18. The Balaban J connectivity index is 1.58. The van der Waals surface area contributed by atoms with Crippen molar-refractivity contribution in [2.45, 2.75) is 31.7 Å². The Hall–Kier alpha value is -2.18. The monoisotopic (exact) mass is 317 g/mol. The first-order chi connectivity index (χ1) is 11.0. The number of nitrogens with one attached hydrogen (secondary N) is 1. The zero-order chi connectivity index (χ0) is 16.4. The highest BCUT2D eigenvalue weighted by Crippen LogP contribution is 2.49. The molecule has 1 aliphatic carbocycles. The summed E-state index contributed by atoms with van der Waals surface area (Å²) in [5.41, 5.74) is 0.496. The van der Waals surface area contributed by atoms with Crippen LogP contribution in [0.3, 0.4) is 0 Å². The minimum Gasteiger partial charge on any atom is -0.347 e. The molecular weight excluding hydrogens is 294 g/mol. The van der Waals surface area contributed by atoms with Crippen LogP contribution in [-0.2, 0) is 0 Å². The number of amides is 3. The summed E-state index contributed by atoms with van der Waals surface area (Å²) < 4.78 is 0. The molecular formula is C16H23N5O2. The number of urea groups is 1. The van der Waals surface area contributed by atoms with E-state index >= 15 is 0 Å². The number of hydrogen-bond acceptors (Lipinski definition) is 4. The van der Waals surface area contributed by atoms with Crippen molar-refractivity contribution in [3.8, 4) is 0 Å². The van der Waals surface area contributed by atoms with E-state index in [1.807, 2.05) is 4.90 Å². The Labute approximate surface area is 136 Å². The molecule has 1 N–H and O–H groups in total. The molecule has 23 heavy (non-hydrogen) atoms. The first kappa shape index (κ1) is 15.7. The molecule has 1 saturated heterocycles. The van der Waals surface area contributed by atoms with Crippen LogP contribution in [0.2, 0.25) is 0 Å². The molecule has 1 spiro atoms. The summed E-state index contributed by atoms with van der Waals surface area (Å²) in [5, 5.41) is 3.10. The number of nitrogens with zero attached hydrogens (tertiary/aromatic N) is 4. The fourth-order valence-corrected chi connectivity index (χ4v) is 3.60. The third kappa shape index (κ3) is 3.00. The summed E-state index contributed by atoms with van der Waals surface area (Å²) in [6, 6.07) is 0.243. The molecule has 0 bridgehead atoms. The molecule has 0 unspecified atom stereocenters. The maximum Gasteiger partial charge on any atom is 0.319 e. The minimum atomic E-state index is -0.158. The molecule has 1 aromatic heterocycles. The number of aromatic nitrogens is 2. The van der Waals surface area contributed by atoms with Crippen molar-refractivity contribution in [1.82, 2.24) is 25.1 Å². The van der Waals surface area contributed by atoms with Gasteiger partial charge in [-0.25, -0.2) is 9.78 Å². The second-order valence-electron chi connectivity index (χ2n) is 6.68. The largest absolute Gasteiger partial charge is 0.347 e. The van der Waals surface area contributed by atoms with Gasteiger partial charge in [-0.3, -0.25) is 9.78 Å². The summed E-state index contributed by atoms with van der Waals surface area (Å²) >= 11 is 0. The number of likely N-dealkylation sites (tertiary alicyclic amines) is 1. The predicted octanol–water partition coefficient (Wildman–Crippen LogP) is 1.13. The van der Waals surface area contributed by atoms with Crippen LogP contribution in [0.15, 0.2) is 18.6 Å². The molecule has 1 aliphatic heterocycles. The van der Waals surface area contributed by atoms with Gasteiger partial charge < -0.3 is 15.1 Å². The Bertz CT molecular complexity index is 581. The van der Waals surface area contributed by atoms with E-state index in [0.717, 1.165) is 38.8 Å². The van der Waals surface area contributed by atoms with Crippen molar-refractivity contribution >= 4 is 11.9 Å². The lowest BCUT2D eigenvalue weighted by Crippen LogP contribution is -2.60. The molecule has 0 radical (unpaired) electrons. The van der Waals surface area contributed by atoms with Crippen LogP contribution in [-0.4, -0.2) is 64.9 Å². The van der Waals surface area contributed by atoms with E-state index in [1.165, 1.54) is 12.4 Å². The lowest BCUT2D eigenvalue weighted by atomic mass is 9.59. The van der Waals surface area contributed by atoms with E-state index in [9.17, 15) is 9.59 Å². The van der Waals surface area contributed by atoms with Gasteiger partial charge in [0.1, 0.15) is 5.69 Å². The topological polar surface area (TPSA) is 78.4 Å².